The number of ether oxygens (including phenoxy) is 1. The van der Waals surface area contributed by atoms with Crippen LogP contribution in [0.4, 0.5) is 0 Å². The molecule has 0 aliphatic carbocycles. The molecule has 2 heterocycles. The molecule has 8 nitrogen and oxygen atoms in total. The standard InChI is InChI=1S/C18H22N2O6/c1-4-8(2)18(17(24)25)12-11(15(22)19-16(12)23)13(20-18)9-6-5-7-10(26-3)14(9)21/h5-8,11-13,20-21H,4H2,1-3H3,(H,24,25)(H,19,22,23). The number of hydrogen-bond acceptors (Lipinski definition) is 6. The van der Waals surface area contributed by atoms with Crippen LogP contribution in [0.3, 0.4) is 0 Å². The van der Waals surface area contributed by atoms with Gasteiger partial charge in [0.2, 0.25) is 11.8 Å². The van der Waals surface area contributed by atoms with Gasteiger partial charge in [0.05, 0.1) is 18.9 Å². The Bertz CT molecular complexity index is 779. The van der Waals surface area contributed by atoms with Crippen LogP contribution in [0.2, 0.25) is 0 Å². The molecule has 1 aromatic rings. The zero-order valence-electron chi connectivity index (χ0n) is 14.8. The van der Waals surface area contributed by atoms with Crippen LogP contribution >= 0.6 is 0 Å². The molecule has 0 radical (unpaired) electrons. The number of aromatic hydroxyl groups is 1. The highest BCUT2D eigenvalue weighted by atomic mass is 16.5. The van der Waals surface area contributed by atoms with E-state index in [2.05, 4.69) is 10.6 Å². The molecule has 2 aliphatic rings. The lowest BCUT2D eigenvalue weighted by Gasteiger charge is -2.35. The molecule has 8 heteroatoms. The molecule has 0 spiro atoms. The summed E-state index contributed by atoms with van der Waals surface area (Å²) in [7, 11) is 1.40. The summed E-state index contributed by atoms with van der Waals surface area (Å²) in [5, 5.41) is 25.8. The lowest BCUT2D eigenvalue weighted by molar-refractivity contribution is -0.152. The number of hydrogen-bond donors (Lipinski definition) is 4. The Morgan fingerprint density at radius 3 is 2.62 bits per heavy atom. The number of methoxy groups -OCH3 is 1. The Morgan fingerprint density at radius 1 is 1.35 bits per heavy atom. The first kappa shape index (κ1) is 18.2. The number of para-hydroxylation sites is 1. The molecule has 140 valence electrons. The highest BCUT2D eigenvalue weighted by Crippen LogP contribution is 2.51. The number of phenolic OH excluding ortho intramolecular Hbond substituents is 1. The van der Waals surface area contributed by atoms with E-state index < -0.39 is 47.1 Å². The third kappa shape index (κ3) is 2.28. The average molecular weight is 362 g/mol. The molecule has 26 heavy (non-hydrogen) atoms. The molecule has 1 aromatic carbocycles. The highest BCUT2D eigenvalue weighted by molar-refractivity contribution is 6.09. The van der Waals surface area contributed by atoms with Crippen molar-refractivity contribution in [2.45, 2.75) is 31.8 Å². The van der Waals surface area contributed by atoms with Crippen molar-refractivity contribution in [3.63, 3.8) is 0 Å². The van der Waals surface area contributed by atoms with Crippen molar-refractivity contribution >= 4 is 17.8 Å². The summed E-state index contributed by atoms with van der Waals surface area (Å²) in [4.78, 5) is 37.2. The molecule has 0 saturated carbocycles. The van der Waals surface area contributed by atoms with E-state index in [4.69, 9.17) is 4.74 Å². The maximum absolute atomic E-state index is 12.5. The van der Waals surface area contributed by atoms with Crippen LogP contribution in [-0.2, 0) is 14.4 Å². The zero-order chi connectivity index (χ0) is 19.2. The van der Waals surface area contributed by atoms with Crippen molar-refractivity contribution in [3.8, 4) is 11.5 Å². The molecule has 2 fully saturated rings. The molecule has 2 aliphatic heterocycles. The quantitative estimate of drug-likeness (QED) is 0.571. The summed E-state index contributed by atoms with van der Waals surface area (Å²) in [5.74, 6) is -4.68. The lowest BCUT2D eigenvalue weighted by Crippen LogP contribution is -2.59. The van der Waals surface area contributed by atoms with E-state index in [0.29, 0.717) is 12.0 Å². The maximum Gasteiger partial charge on any atom is 0.325 e. The Hall–Kier alpha value is -2.61. The summed E-state index contributed by atoms with van der Waals surface area (Å²) in [5.41, 5.74) is -1.27. The first-order chi connectivity index (χ1) is 12.3. The van der Waals surface area contributed by atoms with Gasteiger partial charge in [-0.1, -0.05) is 32.4 Å². The second-order valence-electron chi connectivity index (χ2n) is 6.86. The Morgan fingerprint density at radius 2 is 2.04 bits per heavy atom. The number of carbonyl (C=O) groups excluding carboxylic acids is 2. The van der Waals surface area contributed by atoms with E-state index in [-0.39, 0.29) is 11.5 Å². The van der Waals surface area contributed by atoms with Crippen molar-refractivity contribution in [2.24, 2.45) is 17.8 Å². The predicted molar refractivity (Wildman–Crippen MR) is 90.5 cm³/mol. The fraction of sp³-hybridized carbons (Fsp3) is 0.500. The number of carboxylic acids is 1. The molecular weight excluding hydrogens is 340 g/mol. The Labute approximate surface area is 150 Å². The van der Waals surface area contributed by atoms with Crippen LogP contribution in [0.5, 0.6) is 11.5 Å². The van der Waals surface area contributed by atoms with Gasteiger partial charge in [0, 0.05) is 11.6 Å². The first-order valence-corrected chi connectivity index (χ1v) is 8.51. The van der Waals surface area contributed by atoms with Crippen LogP contribution < -0.4 is 15.4 Å². The van der Waals surface area contributed by atoms with Crippen LogP contribution in [0.1, 0.15) is 31.9 Å². The van der Waals surface area contributed by atoms with E-state index in [9.17, 15) is 24.6 Å². The molecule has 3 rings (SSSR count). The van der Waals surface area contributed by atoms with Gasteiger partial charge < -0.3 is 14.9 Å². The van der Waals surface area contributed by atoms with E-state index in [0.717, 1.165) is 0 Å². The van der Waals surface area contributed by atoms with Gasteiger partial charge in [0.15, 0.2) is 11.5 Å². The second kappa shape index (κ2) is 6.28. The largest absolute Gasteiger partial charge is 0.504 e. The maximum atomic E-state index is 12.5. The van der Waals surface area contributed by atoms with Gasteiger partial charge in [-0.25, -0.2) is 0 Å². The molecule has 4 N–H and O–H groups in total. The molecule has 5 atom stereocenters. The average Bonchev–Trinajstić information content (AvgIpc) is 3.12. The number of aliphatic carboxylic acids is 1. The van der Waals surface area contributed by atoms with E-state index in [1.807, 2.05) is 6.92 Å². The number of benzene rings is 1. The fourth-order valence-corrected chi connectivity index (χ4v) is 4.27. The molecular formula is C18H22N2O6. The Balaban J connectivity index is 2.19. The van der Waals surface area contributed by atoms with Crippen molar-refractivity contribution in [1.82, 2.24) is 10.6 Å². The van der Waals surface area contributed by atoms with Crippen molar-refractivity contribution in [1.29, 1.82) is 0 Å². The number of carbonyl (C=O) groups is 3. The molecule has 2 amide bonds. The van der Waals surface area contributed by atoms with Crippen molar-refractivity contribution < 1.29 is 29.3 Å². The predicted octanol–water partition coefficient (Wildman–Crippen LogP) is 0.803. The van der Waals surface area contributed by atoms with E-state index in [1.165, 1.54) is 7.11 Å². The van der Waals surface area contributed by atoms with Gasteiger partial charge in [0.1, 0.15) is 5.54 Å². The van der Waals surface area contributed by atoms with Gasteiger partial charge in [0.25, 0.3) is 0 Å². The Kier molecular flexibility index (Phi) is 4.39. The summed E-state index contributed by atoms with van der Waals surface area (Å²) < 4.78 is 5.11. The number of amides is 2. The highest BCUT2D eigenvalue weighted by Gasteiger charge is 2.68. The van der Waals surface area contributed by atoms with Crippen LogP contribution in [0.25, 0.3) is 0 Å². The zero-order valence-corrected chi connectivity index (χ0v) is 14.8. The normalized spacial score (nSPS) is 31.4. The summed E-state index contributed by atoms with van der Waals surface area (Å²) >= 11 is 0. The van der Waals surface area contributed by atoms with Crippen molar-refractivity contribution in [2.75, 3.05) is 7.11 Å². The number of fused-ring (bicyclic) bond motifs is 1. The summed E-state index contributed by atoms with van der Waals surface area (Å²) in [6.45, 7) is 3.57. The van der Waals surface area contributed by atoms with Gasteiger partial charge >= 0.3 is 5.97 Å². The molecule has 0 aromatic heterocycles. The monoisotopic (exact) mass is 362 g/mol. The lowest BCUT2D eigenvalue weighted by atomic mass is 9.72. The number of nitrogens with one attached hydrogen (secondary N) is 2. The third-order valence-corrected chi connectivity index (χ3v) is 5.76. The molecule has 0 bridgehead atoms. The number of imide groups is 1. The molecule has 5 unspecified atom stereocenters. The van der Waals surface area contributed by atoms with Crippen LogP contribution in [0.15, 0.2) is 18.2 Å². The molecule has 2 saturated heterocycles. The van der Waals surface area contributed by atoms with Gasteiger partial charge in [-0.05, 0) is 12.0 Å². The van der Waals surface area contributed by atoms with Crippen LogP contribution in [-0.4, -0.2) is 40.6 Å². The SMILES string of the molecule is CCC(C)C1(C(=O)O)NC(c2cccc(OC)c2O)C2C(=O)NC(=O)C21. The van der Waals surface area contributed by atoms with Gasteiger partial charge in [-0.15, -0.1) is 0 Å². The van der Waals surface area contributed by atoms with Gasteiger partial charge in [-0.2, -0.15) is 0 Å². The third-order valence-electron chi connectivity index (χ3n) is 5.76. The van der Waals surface area contributed by atoms with Gasteiger partial charge in [-0.3, -0.25) is 25.0 Å². The summed E-state index contributed by atoms with van der Waals surface area (Å²) in [6.07, 6.45) is 0.501. The minimum absolute atomic E-state index is 0.177. The number of carboxylic acid groups (broad SMARTS) is 1. The number of rotatable bonds is 5. The van der Waals surface area contributed by atoms with E-state index in [1.54, 1.807) is 25.1 Å². The van der Waals surface area contributed by atoms with Crippen LogP contribution in [0, 0.1) is 17.8 Å². The smallest absolute Gasteiger partial charge is 0.325 e. The van der Waals surface area contributed by atoms with E-state index >= 15 is 0 Å². The summed E-state index contributed by atoms with van der Waals surface area (Å²) in [6, 6.07) is 3.97. The fourth-order valence-electron chi connectivity index (χ4n) is 4.27. The first-order valence-electron chi connectivity index (χ1n) is 8.51. The second-order valence-corrected chi connectivity index (χ2v) is 6.86. The minimum Gasteiger partial charge on any atom is -0.504 e. The number of phenols is 1. The minimum atomic E-state index is -1.60. The topological polar surface area (TPSA) is 125 Å². The van der Waals surface area contributed by atoms with Crippen molar-refractivity contribution in [3.05, 3.63) is 23.8 Å².